The molecule has 0 spiro atoms. The molecule has 4 aliphatic rings. The summed E-state index contributed by atoms with van der Waals surface area (Å²) in [6, 6.07) is 12.3. The van der Waals surface area contributed by atoms with Crippen molar-refractivity contribution in [2.24, 2.45) is 23.5 Å². The number of likely N-dealkylation sites (tertiary alicyclic amines) is 1. The van der Waals surface area contributed by atoms with E-state index < -0.39 is 0 Å². The van der Waals surface area contributed by atoms with Crippen molar-refractivity contribution in [1.29, 1.82) is 5.26 Å². The Morgan fingerprint density at radius 1 is 1.04 bits per heavy atom. The molecule has 1 aromatic carbocycles. The van der Waals surface area contributed by atoms with Crippen molar-refractivity contribution in [2.45, 2.75) is 50.9 Å². The normalized spacial score (nSPS) is 22.3. The number of anilines is 1. The van der Waals surface area contributed by atoms with Crippen LogP contribution in [-0.2, 0) is 13.1 Å². The van der Waals surface area contributed by atoms with Crippen molar-refractivity contribution < 1.29 is 9.53 Å². The number of carbonyl (C=O) groups is 1. The Labute approximate surface area is 271 Å². The quantitative estimate of drug-likeness (QED) is 0.271. The minimum Gasteiger partial charge on any atom is -0.494 e. The number of carbonyl (C=O) groups excluding carboxylic acids is 1. The minimum atomic E-state index is -0.00802. The number of fused-ring (bicyclic) bond motifs is 4. The molecule has 5 aromatic rings. The molecule has 47 heavy (non-hydrogen) atoms. The molecule has 2 aliphatic carbocycles. The van der Waals surface area contributed by atoms with E-state index in [1.807, 2.05) is 29.3 Å². The van der Waals surface area contributed by atoms with E-state index in [4.69, 9.17) is 20.4 Å². The van der Waals surface area contributed by atoms with Crippen molar-refractivity contribution in [1.82, 2.24) is 34.0 Å². The second kappa shape index (κ2) is 10.8. The van der Waals surface area contributed by atoms with E-state index in [1.54, 1.807) is 13.3 Å². The standard InChI is InChI=1S/C35H36N10O2/c1-47-29-11-24(35(46)44-19-23-6-7-27(44)31(23)37)9-26-32(29)45(18-21-15-42(16-21)30-14-38-13-25(12-36)40-30)34(41-26)28-10-22-3-2-8-39-33(22)43(28)17-20-4-5-20/h2-3,8-11,13-14,20-21,23,27,31H,4-7,15-19,37H2,1H3/t23-,27-,31-/m1/s1. The zero-order chi connectivity index (χ0) is 31.8. The third-order valence-electron chi connectivity index (χ3n) is 10.7. The van der Waals surface area contributed by atoms with E-state index in [9.17, 15) is 10.1 Å². The first-order chi connectivity index (χ1) is 23.0. The second-order valence-electron chi connectivity index (χ2n) is 13.7. The van der Waals surface area contributed by atoms with Gasteiger partial charge < -0.3 is 29.4 Å². The highest BCUT2D eigenvalue weighted by Gasteiger charge is 2.47. The molecule has 3 atom stereocenters. The summed E-state index contributed by atoms with van der Waals surface area (Å²) in [5, 5.41) is 10.4. The molecule has 238 valence electrons. The van der Waals surface area contributed by atoms with Crippen molar-refractivity contribution in [3.8, 4) is 23.3 Å². The lowest BCUT2D eigenvalue weighted by Gasteiger charge is -2.40. The predicted octanol–water partition coefficient (Wildman–Crippen LogP) is 3.83. The Balaban J connectivity index is 1.14. The summed E-state index contributed by atoms with van der Waals surface area (Å²) in [6.45, 7) is 3.83. The Morgan fingerprint density at radius 2 is 1.89 bits per heavy atom. The van der Waals surface area contributed by atoms with Crippen LogP contribution in [0.25, 0.3) is 33.6 Å². The molecule has 12 heteroatoms. The summed E-state index contributed by atoms with van der Waals surface area (Å²) in [7, 11) is 1.66. The Morgan fingerprint density at radius 3 is 2.64 bits per heavy atom. The van der Waals surface area contributed by atoms with Crippen molar-refractivity contribution in [3.63, 3.8) is 0 Å². The number of hydrogen-bond acceptors (Lipinski definition) is 9. The lowest BCUT2D eigenvalue weighted by molar-refractivity contribution is 0.0700. The van der Waals surface area contributed by atoms with Crippen molar-refractivity contribution in [2.75, 3.05) is 31.6 Å². The first kappa shape index (κ1) is 28.2. The van der Waals surface area contributed by atoms with Crippen LogP contribution >= 0.6 is 0 Å². The van der Waals surface area contributed by atoms with Crippen LogP contribution in [-0.4, -0.2) is 78.7 Å². The topological polar surface area (TPSA) is 144 Å². The number of imidazole rings is 1. The molecule has 0 radical (unpaired) electrons. The SMILES string of the molecule is COc1cc(C(=O)N2C[C@H]3CC[C@@H]2[C@@H]3N)cc2nc(-c3cc4cccnc4n3CC3CC3)n(CC3CN(c4cncc(C#N)n4)C3)c12. The van der Waals surface area contributed by atoms with E-state index in [-0.39, 0.29) is 18.0 Å². The van der Waals surface area contributed by atoms with Gasteiger partial charge in [-0.3, -0.25) is 9.78 Å². The van der Waals surface area contributed by atoms with Gasteiger partial charge >= 0.3 is 0 Å². The zero-order valence-corrected chi connectivity index (χ0v) is 26.3. The number of benzene rings is 1. The van der Waals surface area contributed by atoms with Gasteiger partial charge in [-0.25, -0.2) is 15.0 Å². The number of nitrogens with zero attached hydrogens (tertiary/aromatic N) is 9. The van der Waals surface area contributed by atoms with Crippen LogP contribution in [0.1, 0.15) is 41.7 Å². The Bertz CT molecular complexity index is 2090. The number of methoxy groups -OCH3 is 1. The monoisotopic (exact) mass is 628 g/mol. The molecule has 0 unspecified atom stereocenters. The van der Waals surface area contributed by atoms with Crippen LogP contribution in [0.3, 0.4) is 0 Å². The number of nitriles is 1. The average molecular weight is 629 g/mol. The lowest BCUT2D eigenvalue weighted by atomic mass is 10.00. The maximum absolute atomic E-state index is 13.9. The van der Waals surface area contributed by atoms with Gasteiger partial charge in [-0.05, 0) is 67.9 Å². The Hall–Kier alpha value is -5.02. The number of rotatable bonds is 8. The van der Waals surface area contributed by atoms with Crippen LogP contribution in [0.15, 0.2) is 48.9 Å². The molecular weight excluding hydrogens is 592 g/mol. The molecule has 12 nitrogen and oxygen atoms in total. The molecule has 2 N–H and O–H groups in total. The fraction of sp³-hybridized carbons (Fsp3) is 0.429. The number of ether oxygens (including phenoxy) is 1. The number of amides is 1. The van der Waals surface area contributed by atoms with Crippen LogP contribution in [0.2, 0.25) is 0 Å². The maximum Gasteiger partial charge on any atom is 0.254 e. The smallest absolute Gasteiger partial charge is 0.254 e. The Kier molecular flexibility index (Phi) is 6.47. The van der Waals surface area contributed by atoms with E-state index in [1.165, 1.54) is 19.0 Å². The highest BCUT2D eigenvalue weighted by atomic mass is 16.5. The van der Waals surface area contributed by atoms with Crippen LogP contribution in [0.4, 0.5) is 5.82 Å². The van der Waals surface area contributed by atoms with Gasteiger partial charge in [0, 0.05) is 67.9 Å². The predicted molar refractivity (Wildman–Crippen MR) is 176 cm³/mol. The summed E-state index contributed by atoms with van der Waals surface area (Å²) in [4.78, 5) is 36.7. The third-order valence-corrected chi connectivity index (χ3v) is 10.7. The summed E-state index contributed by atoms with van der Waals surface area (Å²) < 4.78 is 10.6. The highest BCUT2D eigenvalue weighted by molar-refractivity contribution is 6.00. The van der Waals surface area contributed by atoms with Gasteiger partial charge in [-0.1, -0.05) is 0 Å². The van der Waals surface area contributed by atoms with Crippen molar-refractivity contribution >= 4 is 33.8 Å². The van der Waals surface area contributed by atoms with Gasteiger partial charge in [-0.15, -0.1) is 0 Å². The summed E-state index contributed by atoms with van der Waals surface area (Å²) >= 11 is 0. The van der Waals surface area contributed by atoms with Gasteiger partial charge in [0.05, 0.1) is 30.7 Å². The number of pyridine rings is 1. The average Bonchev–Trinajstić information content (AvgIpc) is 3.44. The molecule has 4 fully saturated rings. The largest absolute Gasteiger partial charge is 0.494 e. The fourth-order valence-corrected chi connectivity index (χ4v) is 8.04. The second-order valence-corrected chi connectivity index (χ2v) is 13.7. The third kappa shape index (κ3) is 4.63. The zero-order valence-electron chi connectivity index (χ0n) is 26.3. The molecular formula is C35H36N10O2. The minimum absolute atomic E-state index is 0.00802. The van der Waals surface area contributed by atoms with Crippen LogP contribution in [0.5, 0.6) is 5.75 Å². The van der Waals surface area contributed by atoms with Crippen LogP contribution < -0.4 is 15.4 Å². The molecule has 2 bridgehead atoms. The first-order valence-electron chi connectivity index (χ1n) is 16.6. The molecule has 2 saturated carbocycles. The highest BCUT2D eigenvalue weighted by Crippen LogP contribution is 2.41. The molecule has 6 heterocycles. The lowest BCUT2D eigenvalue weighted by Crippen LogP contribution is -2.49. The van der Waals surface area contributed by atoms with E-state index in [2.05, 4.69) is 42.2 Å². The molecule has 2 saturated heterocycles. The van der Waals surface area contributed by atoms with E-state index >= 15 is 0 Å². The van der Waals surface area contributed by atoms with Gasteiger partial charge in [0.2, 0.25) is 0 Å². The maximum atomic E-state index is 13.9. The number of hydrogen-bond donors (Lipinski definition) is 1. The van der Waals surface area contributed by atoms with E-state index in [0.29, 0.717) is 53.7 Å². The molecule has 4 aromatic heterocycles. The van der Waals surface area contributed by atoms with Crippen LogP contribution in [0, 0.1) is 29.1 Å². The van der Waals surface area contributed by atoms with Gasteiger partial charge in [-0.2, -0.15) is 5.26 Å². The number of nitrogens with two attached hydrogens (primary N) is 1. The fourth-order valence-electron chi connectivity index (χ4n) is 8.04. The molecule has 9 rings (SSSR count). The van der Waals surface area contributed by atoms with Gasteiger partial charge in [0.1, 0.15) is 28.8 Å². The summed E-state index contributed by atoms with van der Waals surface area (Å²) in [5.41, 5.74) is 10.9. The summed E-state index contributed by atoms with van der Waals surface area (Å²) in [5.74, 6) is 3.48. The first-order valence-corrected chi connectivity index (χ1v) is 16.6. The van der Waals surface area contributed by atoms with Gasteiger partial charge in [0.15, 0.2) is 11.5 Å². The molecule has 1 amide bonds. The summed E-state index contributed by atoms with van der Waals surface area (Å²) in [6.07, 6.45) is 9.52. The van der Waals surface area contributed by atoms with E-state index in [0.717, 1.165) is 66.1 Å². The van der Waals surface area contributed by atoms with Crippen molar-refractivity contribution in [3.05, 3.63) is 60.2 Å². The number of aromatic nitrogens is 6. The van der Waals surface area contributed by atoms with Gasteiger partial charge in [0.25, 0.3) is 5.91 Å². The number of piperidine rings is 1. The molecule has 2 aliphatic heterocycles.